The Bertz CT molecular complexity index is 784. The van der Waals surface area contributed by atoms with Gasteiger partial charge >= 0.3 is 0 Å². The number of benzene rings is 1. The summed E-state index contributed by atoms with van der Waals surface area (Å²) in [6, 6.07) is 7.98. The Balaban J connectivity index is 1.39. The van der Waals surface area contributed by atoms with E-state index in [1.165, 1.54) is 4.90 Å². The number of anilines is 1. The first-order chi connectivity index (χ1) is 12.9. The lowest BCUT2D eigenvalue weighted by atomic mass is 9.85. The number of likely N-dealkylation sites (N-methyl/N-ethyl adjacent to an activating group) is 1. The molecular formula is C21H25N3O3. The van der Waals surface area contributed by atoms with Gasteiger partial charge in [-0.1, -0.05) is 24.3 Å². The SMILES string of the molecule is CN(Cc1ccc(N(C)C)cc1)C(=O)CN1C(=O)C2C3C=CC(C3)C2C1=O. The van der Waals surface area contributed by atoms with E-state index < -0.39 is 0 Å². The van der Waals surface area contributed by atoms with Crippen molar-refractivity contribution < 1.29 is 14.4 Å². The van der Waals surface area contributed by atoms with Crippen LogP contribution >= 0.6 is 0 Å². The average molecular weight is 367 g/mol. The van der Waals surface area contributed by atoms with Crippen molar-refractivity contribution in [2.24, 2.45) is 23.7 Å². The van der Waals surface area contributed by atoms with E-state index in [2.05, 4.69) is 12.2 Å². The van der Waals surface area contributed by atoms with Crippen LogP contribution in [0.4, 0.5) is 5.69 Å². The van der Waals surface area contributed by atoms with Crippen molar-refractivity contribution in [3.05, 3.63) is 42.0 Å². The number of hydrogen-bond donors (Lipinski definition) is 0. The lowest BCUT2D eigenvalue weighted by Gasteiger charge is -2.22. The van der Waals surface area contributed by atoms with Crippen LogP contribution in [0.1, 0.15) is 12.0 Å². The molecule has 3 aliphatic rings. The van der Waals surface area contributed by atoms with Crippen molar-refractivity contribution in [3.8, 4) is 0 Å². The number of allylic oxidation sites excluding steroid dienone is 2. The molecule has 1 saturated heterocycles. The van der Waals surface area contributed by atoms with E-state index in [1.807, 2.05) is 43.3 Å². The molecule has 1 aromatic carbocycles. The molecule has 1 heterocycles. The molecule has 2 aliphatic carbocycles. The molecule has 6 nitrogen and oxygen atoms in total. The Morgan fingerprint density at radius 1 is 1.00 bits per heavy atom. The third-order valence-corrected chi connectivity index (χ3v) is 6.15. The van der Waals surface area contributed by atoms with Crippen LogP contribution in [0.15, 0.2) is 36.4 Å². The van der Waals surface area contributed by atoms with Gasteiger partial charge in [0.1, 0.15) is 6.54 Å². The Kier molecular flexibility index (Phi) is 4.29. The van der Waals surface area contributed by atoms with Crippen LogP contribution in [0, 0.1) is 23.7 Å². The fourth-order valence-electron chi connectivity index (χ4n) is 4.64. The first-order valence-electron chi connectivity index (χ1n) is 9.40. The van der Waals surface area contributed by atoms with E-state index in [1.54, 1.807) is 11.9 Å². The van der Waals surface area contributed by atoms with Gasteiger partial charge in [-0.05, 0) is 36.0 Å². The molecular weight excluding hydrogens is 342 g/mol. The summed E-state index contributed by atoms with van der Waals surface area (Å²) in [7, 11) is 5.66. The molecule has 4 atom stereocenters. The van der Waals surface area contributed by atoms with Gasteiger partial charge < -0.3 is 9.80 Å². The molecule has 6 heteroatoms. The summed E-state index contributed by atoms with van der Waals surface area (Å²) in [5.74, 6) is -0.700. The number of fused-ring (bicyclic) bond motifs is 5. The quantitative estimate of drug-likeness (QED) is 0.585. The lowest BCUT2D eigenvalue weighted by Crippen LogP contribution is -2.42. The summed E-state index contributed by atoms with van der Waals surface area (Å²) in [4.78, 5) is 42.8. The van der Waals surface area contributed by atoms with Crippen LogP contribution in [0.2, 0.25) is 0 Å². The Morgan fingerprint density at radius 3 is 2.07 bits per heavy atom. The largest absolute Gasteiger partial charge is 0.378 e. The van der Waals surface area contributed by atoms with Gasteiger partial charge in [0.2, 0.25) is 17.7 Å². The minimum atomic E-state index is -0.246. The van der Waals surface area contributed by atoms with Crippen molar-refractivity contribution >= 4 is 23.4 Å². The van der Waals surface area contributed by atoms with Crippen molar-refractivity contribution in [1.29, 1.82) is 0 Å². The molecule has 2 bridgehead atoms. The third kappa shape index (κ3) is 2.93. The number of imide groups is 1. The maximum absolute atomic E-state index is 12.7. The average Bonchev–Trinajstić information content (AvgIpc) is 3.32. The number of carbonyl (C=O) groups is 3. The molecule has 1 aliphatic heterocycles. The summed E-state index contributed by atoms with van der Waals surface area (Å²) in [6.45, 7) is 0.290. The molecule has 1 aromatic rings. The van der Waals surface area contributed by atoms with Gasteiger partial charge in [0.15, 0.2) is 0 Å². The first kappa shape index (κ1) is 17.8. The van der Waals surface area contributed by atoms with Crippen LogP contribution < -0.4 is 4.90 Å². The van der Waals surface area contributed by atoms with Crippen LogP contribution in [0.25, 0.3) is 0 Å². The highest BCUT2D eigenvalue weighted by molar-refractivity contribution is 6.08. The van der Waals surface area contributed by atoms with Crippen molar-refractivity contribution in [2.45, 2.75) is 13.0 Å². The van der Waals surface area contributed by atoms with E-state index in [0.29, 0.717) is 6.54 Å². The maximum Gasteiger partial charge on any atom is 0.242 e. The molecule has 0 radical (unpaired) electrons. The molecule has 0 spiro atoms. The number of rotatable bonds is 5. The molecule has 3 amide bonds. The second kappa shape index (κ2) is 6.51. The third-order valence-electron chi connectivity index (χ3n) is 6.15. The Hall–Kier alpha value is -2.63. The van der Waals surface area contributed by atoms with Crippen LogP contribution in [0.5, 0.6) is 0 Å². The van der Waals surface area contributed by atoms with Crippen LogP contribution in [-0.4, -0.2) is 55.2 Å². The zero-order valence-corrected chi connectivity index (χ0v) is 16.0. The molecule has 4 rings (SSSR count). The molecule has 27 heavy (non-hydrogen) atoms. The number of amides is 3. The monoisotopic (exact) mass is 367 g/mol. The van der Waals surface area contributed by atoms with E-state index in [0.717, 1.165) is 17.7 Å². The number of likely N-dealkylation sites (tertiary alicyclic amines) is 1. The summed E-state index contributed by atoms with van der Waals surface area (Å²) < 4.78 is 0. The molecule has 4 unspecified atom stereocenters. The van der Waals surface area contributed by atoms with Gasteiger partial charge in [-0.25, -0.2) is 0 Å². The molecule has 142 valence electrons. The number of nitrogens with zero attached hydrogens (tertiary/aromatic N) is 3. The van der Waals surface area contributed by atoms with Gasteiger partial charge in [-0.15, -0.1) is 0 Å². The lowest BCUT2D eigenvalue weighted by molar-refractivity contribution is -0.146. The topological polar surface area (TPSA) is 60.9 Å². The molecule has 1 saturated carbocycles. The Morgan fingerprint density at radius 2 is 1.56 bits per heavy atom. The number of hydrogen-bond acceptors (Lipinski definition) is 4. The predicted molar refractivity (Wildman–Crippen MR) is 102 cm³/mol. The summed E-state index contributed by atoms with van der Waals surface area (Å²) in [5.41, 5.74) is 2.10. The second-order valence-electron chi connectivity index (χ2n) is 8.07. The molecule has 0 aromatic heterocycles. The molecule has 2 fully saturated rings. The van der Waals surface area contributed by atoms with Gasteiger partial charge in [0, 0.05) is 33.4 Å². The summed E-state index contributed by atoms with van der Waals surface area (Å²) >= 11 is 0. The van der Waals surface area contributed by atoms with Crippen molar-refractivity contribution in [2.75, 3.05) is 32.6 Å². The van der Waals surface area contributed by atoms with Crippen LogP contribution in [-0.2, 0) is 20.9 Å². The van der Waals surface area contributed by atoms with Gasteiger partial charge in [0.25, 0.3) is 0 Å². The molecule has 0 N–H and O–H groups in total. The van der Waals surface area contributed by atoms with E-state index in [4.69, 9.17) is 0 Å². The smallest absolute Gasteiger partial charge is 0.242 e. The number of carbonyl (C=O) groups excluding carboxylic acids is 3. The van der Waals surface area contributed by atoms with Crippen molar-refractivity contribution in [1.82, 2.24) is 9.80 Å². The fraction of sp³-hybridized carbons (Fsp3) is 0.476. The highest BCUT2D eigenvalue weighted by Gasteiger charge is 2.59. The minimum absolute atomic E-state index is 0.156. The van der Waals surface area contributed by atoms with Crippen molar-refractivity contribution in [3.63, 3.8) is 0 Å². The normalized spacial score (nSPS) is 28.0. The van der Waals surface area contributed by atoms with Gasteiger partial charge in [-0.2, -0.15) is 0 Å². The maximum atomic E-state index is 12.7. The van der Waals surface area contributed by atoms with Gasteiger partial charge in [-0.3, -0.25) is 19.3 Å². The summed E-state index contributed by atoms with van der Waals surface area (Å²) in [6.07, 6.45) is 5.02. The minimum Gasteiger partial charge on any atom is -0.378 e. The summed E-state index contributed by atoms with van der Waals surface area (Å²) in [5, 5.41) is 0. The van der Waals surface area contributed by atoms with E-state index in [-0.39, 0.29) is 47.9 Å². The zero-order valence-electron chi connectivity index (χ0n) is 16.0. The highest BCUT2D eigenvalue weighted by Crippen LogP contribution is 2.52. The fourth-order valence-corrected chi connectivity index (χ4v) is 4.64. The second-order valence-corrected chi connectivity index (χ2v) is 8.07. The zero-order chi connectivity index (χ0) is 19.3. The van der Waals surface area contributed by atoms with Crippen LogP contribution in [0.3, 0.4) is 0 Å². The van der Waals surface area contributed by atoms with E-state index in [9.17, 15) is 14.4 Å². The standard InChI is InChI=1S/C21H25N3O3/c1-22(2)16-8-4-13(5-9-16)11-23(3)17(25)12-24-20(26)18-14-6-7-15(10-14)19(18)21(24)27/h4-9,14-15,18-19H,10-12H2,1-3H3. The Labute approximate surface area is 159 Å². The van der Waals surface area contributed by atoms with E-state index >= 15 is 0 Å². The predicted octanol–water partition coefficient (Wildman–Crippen LogP) is 1.52. The highest BCUT2D eigenvalue weighted by atomic mass is 16.2. The van der Waals surface area contributed by atoms with Gasteiger partial charge in [0.05, 0.1) is 11.8 Å². The first-order valence-corrected chi connectivity index (χ1v) is 9.40.